The minimum absolute atomic E-state index is 0.0909. The SMILES string of the molecule is CC1(N=C=O)CCSC1. The molecule has 0 N–H and O–H groups in total. The van der Waals surface area contributed by atoms with E-state index >= 15 is 0 Å². The fourth-order valence-corrected chi connectivity index (χ4v) is 2.23. The second kappa shape index (κ2) is 2.54. The van der Waals surface area contributed by atoms with Crippen molar-refractivity contribution in [3.8, 4) is 0 Å². The molecule has 1 aliphatic heterocycles. The van der Waals surface area contributed by atoms with E-state index in [1.807, 2.05) is 18.7 Å². The maximum atomic E-state index is 9.87. The molecule has 1 fully saturated rings. The van der Waals surface area contributed by atoms with E-state index in [1.54, 1.807) is 6.08 Å². The van der Waals surface area contributed by atoms with Gasteiger partial charge < -0.3 is 0 Å². The standard InChI is InChI=1S/C6H9NOS/c1-6(7-5-8)2-3-9-4-6/h2-4H2,1H3. The Balaban J connectivity index is 2.61. The Morgan fingerprint density at radius 3 is 3.00 bits per heavy atom. The lowest BCUT2D eigenvalue weighted by molar-refractivity contribution is 0.513. The van der Waals surface area contributed by atoms with Crippen molar-refractivity contribution in [3.63, 3.8) is 0 Å². The first-order valence-corrected chi connectivity index (χ1v) is 4.09. The monoisotopic (exact) mass is 143 g/mol. The van der Waals surface area contributed by atoms with E-state index in [0.29, 0.717) is 0 Å². The molecular weight excluding hydrogens is 134 g/mol. The van der Waals surface area contributed by atoms with E-state index in [9.17, 15) is 4.79 Å². The van der Waals surface area contributed by atoms with E-state index in [-0.39, 0.29) is 5.54 Å². The molecule has 50 valence electrons. The molecule has 0 spiro atoms. The number of aliphatic imine (C=N–C) groups is 1. The number of carbonyl (C=O) groups excluding carboxylic acids is 1. The molecule has 0 aromatic heterocycles. The van der Waals surface area contributed by atoms with Crippen molar-refractivity contribution in [2.24, 2.45) is 4.99 Å². The van der Waals surface area contributed by atoms with Crippen LogP contribution in [0.2, 0.25) is 0 Å². The first kappa shape index (κ1) is 6.84. The van der Waals surface area contributed by atoms with Crippen LogP contribution in [0.4, 0.5) is 0 Å². The summed E-state index contributed by atoms with van der Waals surface area (Å²) in [5.41, 5.74) is -0.0909. The van der Waals surface area contributed by atoms with Gasteiger partial charge in [0.1, 0.15) is 0 Å². The molecule has 1 aliphatic rings. The molecule has 0 radical (unpaired) electrons. The predicted molar refractivity (Wildman–Crippen MR) is 38.5 cm³/mol. The lowest BCUT2D eigenvalue weighted by Gasteiger charge is -2.11. The molecule has 0 bridgehead atoms. The van der Waals surface area contributed by atoms with Crippen LogP contribution in [0.15, 0.2) is 4.99 Å². The quantitative estimate of drug-likeness (QED) is 0.408. The maximum Gasteiger partial charge on any atom is 0.235 e. The van der Waals surface area contributed by atoms with Crippen LogP contribution < -0.4 is 0 Å². The van der Waals surface area contributed by atoms with Crippen molar-refractivity contribution in [1.29, 1.82) is 0 Å². The summed E-state index contributed by atoms with van der Waals surface area (Å²) in [5, 5.41) is 0. The third kappa shape index (κ3) is 1.57. The van der Waals surface area contributed by atoms with Crippen LogP contribution in [0.5, 0.6) is 0 Å². The maximum absolute atomic E-state index is 9.87. The number of hydrogen-bond acceptors (Lipinski definition) is 3. The summed E-state index contributed by atoms with van der Waals surface area (Å²) < 4.78 is 0. The highest BCUT2D eigenvalue weighted by molar-refractivity contribution is 7.99. The summed E-state index contributed by atoms with van der Waals surface area (Å²) in [6.45, 7) is 2.00. The lowest BCUT2D eigenvalue weighted by atomic mass is 10.0. The Bertz CT molecular complexity index is 145. The van der Waals surface area contributed by atoms with Gasteiger partial charge in [-0.1, -0.05) is 0 Å². The van der Waals surface area contributed by atoms with Crippen LogP contribution in [-0.4, -0.2) is 23.1 Å². The molecule has 1 unspecified atom stereocenters. The number of isocyanates is 1. The Hall–Kier alpha value is -0.270. The minimum atomic E-state index is -0.0909. The van der Waals surface area contributed by atoms with Gasteiger partial charge in [0, 0.05) is 5.75 Å². The molecule has 0 aromatic rings. The number of thioether (sulfide) groups is 1. The van der Waals surface area contributed by atoms with Crippen molar-refractivity contribution in [2.75, 3.05) is 11.5 Å². The Kier molecular flexibility index (Phi) is 1.94. The smallest absolute Gasteiger partial charge is 0.211 e. The van der Waals surface area contributed by atoms with Crippen molar-refractivity contribution in [1.82, 2.24) is 0 Å². The topological polar surface area (TPSA) is 29.4 Å². The predicted octanol–water partition coefficient (Wildman–Crippen LogP) is 1.22. The van der Waals surface area contributed by atoms with Gasteiger partial charge in [-0.15, -0.1) is 0 Å². The van der Waals surface area contributed by atoms with Gasteiger partial charge in [0.2, 0.25) is 6.08 Å². The summed E-state index contributed by atoms with van der Waals surface area (Å²) in [7, 11) is 0. The lowest BCUT2D eigenvalue weighted by Crippen LogP contribution is -2.19. The first-order chi connectivity index (χ1) is 4.27. The van der Waals surface area contributed by atoms with Gasteiger partial charge in [0.25, 0.3) is 0 Å². The zero-order valence-electron chi connectivity index (χ0n) is 5.39. The van der Waals surface area contributed by atoms with Crippen LogP contribution in [0, 0.1) is 0 Å². The third-order valence-electron chi connectivity index (χ3n) is 1.51. The van der Waals surface area contributed by atoms with Gasteiger partial charge in [-0.25, -0.2) is 4.79 Å². The van der Waals surface area contributed by atoms with Crippen LogP contribution in [0.25, 0.3) is 0 Å². The molecule has 0 aliphatic carbocycles. The van der Waals surface area contributed by atoms with Crippen molar-refractivity contribution >= 4 is 17.8 Å². The molecule has 1 atom stereocenters. The van der Waals surface area contributed by atoms with Crippen molar-refractivity contribution in [3.05, 3.63) is 0 Å². The third-order valence-corrected chi connectivity index (χ3v) is 2.83. The van der Waals surface area contributed by atoms with Crippen LogP contribution in [-0.2, 0) is 4.79 Å². The van der Waals surface area contributed by atoms with Gasteiger partial charge in [-0.05, 0) is 19.1 Å². The summed E-state index contributed by atoms with van der Waals surface area (Å²) in [6.07, 6.45) is 2.63. The van der Waals surface area contributed by atoms with E-state index in [1.165, 1.54) is 0 Å². The number of rotatable bonds is 1. The molecule has 9 heavy (non-hydrogen) atoms. The Morgan fingerprint density at radius 2 is 2.56 bits per heavy atom. The molecule has 0 saturated carbocycles. The second-order valence-electron chi connectivity index (χ2n) is 2.50. The summed E-state index contributed by atoms with van der Waals surface area (Å²) >= 11 is 1.85. The first-order valence-electron chi connectivity index (χ1n) is 2.94. The molecule has 2 nitrogen and oxygen atoms in total. The van der Waals surface area contributed by atoms with Crippen molar-refractivity contribution < 1.29 is 4.79 Å². The highest BCUT2D eigenvalue weighted by Crippen LogP contribution is 2.30. The molecule has 0 amide bonds. The average Bonchev–Trinajstić information content (AvgIpc) is 2.16. The molecule has 3 heteroatoms. The van der Waals surface area contributed by atoms with Crippen LogP contribution in [0.3, 0.4) is 0 Å². The van der Waals surface area contributed by atoms with Gasteiger partial charge in [0.15, 0.2) is 0 Å². The Morgan fingerprint density at radius 1 is 1.78 bits per heavy atom. The van der Waals surface area contributed by atoms with Gasteiger partial charge in [-0.2, -0.15) is 16.8 Å². The highest BCUT2D eigenvalue weighted by atomic mass is 32.2. The Labute approximate surface area is 58.7 Å². The summed E-state index contributed by atoms with van der Waals surface area (Å²) in [6, 6.07) is 0. The molecule has 1 heterocycles. The van der Waals surface area contributed by atoms with Gasteiger partial charge in [0.05, 0.1) is 5.54 Å². The minimum Gasteiger partial charge on any atom is -0.211 e. The summed E-state index contributed by atoms with van der Waals surface area (Å²) in [4.78, 5) is 13.6. The normalized spacial score (nSPS) is 33.9. The molecule has 0 aromatic carbocycles. The fraction of sp³-hybridized carbons (Fsp3) is 0.833. The van der Waals surface area contributed by atoms with E-state index in [0.717, 1.165) is 17.9 Å². The molecule has 1 rings (SSSR count). The van der Waals surface area contributed by atoms with Crippen LogP contribution >= 0.6 is 11.8 Å². The van der Waals surface area contributed by atoms with E-state index < -0.39 is 0 Å². The summed E-state index contributed by atoms with van der Waals surface area (Å²) in [5.74, 6) is 2.10. The van der Waals surface area contributed by atoms with Crippen molar-refractivity contribution in [2.45, 2.75) is 18.9 Å². The number of nitrogens with zero attached hydrogens (tertiary/aromatic N) is 1. The van der Waals surface area contributed by atoms with Gasteiger partial charge >= 0.3 is 0 Å². The number of hydrogen-bond donors (Lipinski definition) is 0. The average molecular weight is 143 g/mol. The zero-order chi connectivity index (χ0) is 6.74. The fourth-order valence-electron chi connectivity index (χ4n) is 0.855. The van der Waals surface area contributed by atoms with Gasteiger partial charge in [-0.3, -0.25) is 0 Å². The van der Waals surface area contributed by atoms with E-state index in [4.69, 9.17) is 0 Å². The largest absolute Gasteiger partial charge is 0.235 e. The second-order valence-corrected chi connectivity index (χ2v) is 3.61. The van der Waals surface area contributed by atoms with E-state index in [2.05, 4.69) is 4.99 Å². The van der Waals surface area contributed by atoms with Crippen LogP contribution in [0.1, 0.15) is 13.3 Å². The molecular formula is C6H9NOS. The zero-order valence-corrected chi connectivity index (χ0v) is 6.20. The highest BCUT2D eigenvalue weighted by Gasteiger charge is 2.28. The molecule has 1 saturated heterocycles.